The van der Waals surface area contributed by atoms with Crippen LogP contribution in [-0.2, 0) is 0 Å². The highest BCUT2D eigenvalue weighted by Gasteiger charge is 2.11. The summed E-state index contributed by atoms with van der Waals surface area (Å²) in [6.45, 7) is 2.69. The molecule has 1 aromatic rings. The summed E-state index contributed by atoms with van der Waals surface area (Å²) in [7, 11) is 0. The van der Waals surface area contributed by atoms with Crippen LogP contribution >= 0.6 is 27.5 Å². The molecule has 0 bridgehead atoms. The van der Waals surface area contributed by atoms with Crippen molar-refractivity contribution in [2.45, 2.75) is 19.8 Å². The fourth-order valence-electron chi connectivity index (χ4n) is 1.50. The van der Waals surface area contributed by atoms with Gasteiger partial charge in [0.1, 0.15) is 5.82 Å². The Hall–Kier alpha value is -0.610. The molecule has 0 aliphatic heterocycles. The topological polar surface area (TPSA) is 29.1 Å². The molecule has 18 heavy (non-hydrogen) atoms. The molecule has 1 unspecified atom stereocenters. The number of hydrogen-bond donors (Lipinski definition) is 1. The summed E-state index contributed by atoms with van der Waals surface area (Å²) < 4.78 is 13.4. The molecule has 1 amide bonds. The summed E-state index contributed by atoms with van der Waals surface area (Å²) in [6.07, 6.45) is 1.91. The molecule has 0 heterocycles. The van der Waals surface area contributed by atoms with E-state index in [2.05, 4.69) is 28.2 Å². The molecule has 1 N–H and O–H groups in total. The Morgan fingerprint density at radius 3 is 2.89 bits per heavy atom. The van der Waals surface area contributed by atoms with Crippen molar-refractivity contribution in [2.75, 3.05) is 11.9 Å². The molecule has 0 aliphatic carbocycles. The van der Waals surface area contributed by atoms with Crippen LogP contribution in [0.3, 0.4) is 0 Å². The first-order chi connectivity index (χ1) is 8.54. The number of carbonyl (C=O) groups excluding carboxylic acids is 1. The van der Waals surface area contributed by atoms with Gasteiger partial charge in [0.05, 0.1) is 5.56 Å². The van der Waals surface area contributed by atoms with Crippen molar-refractivity contribution in [1.29, 1.82) is 0 Å². The first-order valence-corrected chi connectivity index (χ1v) is 7.33. The van der Waals surface area contributed by atoms with Crippen LogP contribution in [0, 0.1) is 11.7 Å². The van der Waals surface area contributed by atoms with Crippen LogP contribution in [-0.4, -0.2) is 17.8 Å². The molecular formula is C13H16BrClFNO. The zero-order chi connectivity index (χ0) is 13.5. The third kappa shape index (κ3) is 4.94. The Morgan fingerprint density at radius 2 is 2.28 bits per heavy atom. The number of amides is 1. The van der Waals surface area contributed by atoms with E-state index in [1.807, 2.05) is 0 Å². The van der Waals surface area contributed by atoms with Gasteiger partial charge in [-0.25, -0.2) is 4.39 Å². The Morgan fingerprint density at radius 1 is 1.56 bits per heavy atom. The van der Waals surface area contributed by atoms with E-state index in [1.165, 1.54) is 12.1 Å². The number of halogens is 3. The molecule has 0 aromatic heterocycles. The fourth-order valence-corrected chi connectivity index (χ4v) is 1.98. The molecule has 100 valence electrons. The maximum absolute atomic E-state index is 13.4. The number of hydrogen-bond acceptors (Lipinski definition) is 1. The minimum Gasteiger partial charge on any atom is -0.352 e. The molecule has 0 spiro atoms. The average molecular weight is 337 g/mol. The highest BCUT2D eigenvalue weighted by atomic mass is 79.9. The van der Waals surface area contributed by atoms with E-state index < -0.39 is 11.7 Å². The number of carbonyl (C=O) groups is 1. The van der Waals surface area contributed by atoms with Gasteiger partial charge < -0.3 is 5.32 Å². The van der Waals surface area contributed by atoms with Crippen molar-refractivity contribution in [3.05, 3.63) is 34.6 Å². The van der Waals surface area contributed by atoms with Gasteiger partial charge in [-0.2, -0.15) is 0 Å². The summed E-state index contributed by atoms with van der Waals surface area (Å²) in [6, 6.07) is 4.05. The second kappa shape index (κ2) is 7.74. The van der Waals surface area contributed by atoms with Crippen molar-refractivity contribution >= 4 is 33.4 Å². The molecule has 1 atom stereocenters. The van der Waals surface area contributed by atoms with E-state index >= 15 is 0 Å². The quantitative estimate of drug-likeness (QED) is 0.617. The third-order valence-electron chi connectivity index (χ3n) is 2.60. The Bertz CT molecular complexity index is 414. The van der Waals surface area contributed by atoms with Crippen LogP contribution in [0.4, 0.5) is 4.39 Å². The van der Waals surface area contributed by atoms with E-state index in [0.717, 1.165) is 24.2 Å². The molecule has 0 saturated carbocycles. The first kappa shape index (κ1) is 15.4. The number of alkyl halides is 1. The lowest BCUT2D eigenvalue weighted by molar-refractivity contribution is 0.0948. The number of benzene rings is 1. The Balaban J connectivity index is 2.41. The van der Waals surface area contributed by atoms with Gasteiger partial charge in [-0.1, -0.05) is 34.5 Å². The van der Waals surface area contributed by atoms with Crippen molar-refractivity contribution < 1.29 is 9.18 Å². The Labute approximate surface area is 120 Å². The van der Waals surface area contributed by atoms with Crippen LogP contribution in [0.15, 0.2) is 18.2 Å². The van der Waals surface area contributed by atoms with Gasteiger partial charge in [0.15, 0.2) is 0 Å². The maximum Gasteiger partial charge on any atom is 0.254 e. The van der Waals surface area contributed by atoms with E-state index in [9.17, 15) is 9.18 Å². The van der Waals surface area contributed by atoms with Crippen LogP contribution in [0.2, 0.25) is 5.02 Å². The highest BCUT2D eigenvalue weighted by molar-refractivity contribution is 9.09. The van der Waals surface area contributed by atoms with Gasteiger partial charge in [-0.05, 0) is 37.0 Å². The highest BCUT2D eigenvalue weighted by Crippen LogP contribution is 2.14. The summed E-state index contributed by atoms with van der Waals surface area (Å²) in [4.78, 5) is 11.7. The zero-order valence-corrected chi connectivity index (χ0v) is 12.5. The van der Waals surface area contributed by atoms with E-state index in [-0.39, 0.29) is 10.6 Å². The molecule has 1 aromatic carbocycles. The largest absolute Gasteiger partial charge is 0.352 e. The molecule has 0 fully saturated rings. The van der Waals surface area contributed by atoms with Crippen molar-refractivity contribution in [1.82, 2.24) is 5.32 Å². The molecule has 1 rings (SSSR count). The summed E-state index contributed by atoms with van der Waals surface area (Å²) in [5.41, 5.74) is 0.0351. The van der Waals surface area contributed by atoms with Gasteiger partial charge >= 0.3 is 0 Å². The zero-order valence-electron chi connectivity index (χ0n) is 10.2. The van der Waals surface area contributed by atoms with Crippen molar-refractivity contribution in [3.63, 3.8) is 0 Å². The third-order valence-corrected chi connectivity index (χ3v) is 3.94. The van der Waals surface area contributed by atoms with Crippen LogP contribution in [0.25, 0.3) is 0 Å². The van der Waals surface area contributed by atoms with Crippen molar-refractivity contribution in [2.24, 2.45) is 5.92 Å². The maximum atomic E-state index is 13.4. The summed E-state index contributed by atoms with van der Waals surface area (Å²) in [5.74, 6) is -0.404. The smallest absolute Gasteiger partial charge is 0.254 e. The second-order valence-electron chi connectivity index (χ2n) is 4.28. The van der Waals surface area contributed by atoms with Gasteiger partial charge in [0.2, 0.25) is 0 Å². The molecule has 2 nitrogen and oxygen atoms in total. The van der Waals surface area contributed by atoms with E-state index in [1.54, 1.807) is 0 Å². The lowest BCUT2D eigenvalue weighted by Crippen LogP contribution is -2.25. The molecule has 0 saturated heterocycles. The minimum atomic E-state index is -0.589. The lowest BCUT2D eigenvalue weighted by atomic mass is 10.1. The van der Waals surface area contributed by atoms with Gasteiger partial charge in [0, 0.05) is 16.9 Å². The van der Waals surface area contributed by atoms with E-state index in [4.69, 9.17) is 11.6 Å². The first-order valence-electron chi connectivity index (χ1n) is 5.83. The molecule has 0 radical (unpaired) electrons. The molecule has 5 heteroatoms. The Kier molecular flexibility index (Phi) is 6.65. The van der Waals surface area contributed by atoms with Gasteiger partial charge in [0.25, 0.3) is 5.91 Å². The standard InChI is InChI=1S/C13H16BrClFNO/c1-9(8-14)3-2-6-17-13(18)11-5-4-10(15)7-12(11)16/h4-5,7,9H,2-3,6,8H2,1H3,(H,17,18). The van der Waals surface area contributed by atoms with E-state index in [0.29, 0.717) is 12.5 Å². The predicted octanol–water partition coefficient (Wildman–Crippen LogP) is 4.02. The van der Waals surface area contributed by atoms with Gasteiger partial charge in [-0.15, -0.1) is 0 Å². The van der Waals surface area contributed by atoms with Crippen LogP contribution < -0.4 is 5.32 Å². The predicted molar refractivity (Wildman–Crippen MR) is 75.9 cm³/mol. The average Bonchev–Trinajstić information content (AvgIpc) is 2.34. The normalized spacial score (nSPS) is 12.2. The van der Waals surface area contributed by atoms with Crippen molar-refractivity contribution in [3.8, 4) is 0 Å². The molecular weight excluding hydrogens is 321 g/mol. The fraction of sp³-hybridized carbons (Fsp3) is 0.462. The SMILES string of the molecule is CC(CBr)CCCNC(=O)c1ccc(Cl)cc1F. The monoisotopic (exact) mass is 335 g/mol. The molecule has 0 aliphatic rings. The summed E-state index contributed by atoms with van der Waals surface area (Å²) >= 11 is 9.02. The minimum absolute atomic E-state index is 0.0351. The lowest BCUT2D eigenvalue weighted by Gasteiger charge is -2.09. The van der Waals surface area contributed by atoms with Crippen LogP contribution in [0.5, 0.6) is 0 Å². The number of rotatable bonds is 6. The van der Waals surface area contributed by atoms with Crippen LogP contribution in [0.1, 0.15) is 30.1 Å². The number of nitrogens with one attached hydrogen (secondary N) is 1. The van der Waals surface area contributed by atoms with Gasteiger partial charge in [-0.3, -0.25) is 4.79 Å². The summed E-state index contributed by atoms with van der Waals surface area (Å²) in [5, 5.41) is 3.94. The second-order valence-corrected chi connectivity index (χ2v) is 5.37.